The van der Waals surface area contributed by atoms with E-state index in [0.29, 0.717) is 24.0 Å². The number of hydrogen-bond acceptors (Lipinski definition) is 7. The largest absolute Gasteiger partial charge is 0.416 e. The topological polar surface area (TPSA) is 91.6 Å². The van der Waals surface area contributed by atoms with E-state index in [4.69, 9.17) is 4.42 Å². The van der Waals surface area contributed by atoms with Gasteiger partial charge in [-0.15, -0.1) is 10.2 Å². The number of piperazine rings is 1. The minimum absolute atomic E-state index is 0.124. The Hall–Kier alpha value is -2.55. The lowest BCUT2D eigenvalue weighted by Crippen LogP contribution is -2.48. The Labute approximate surface area is 168 Å². The number of thioether (sulfide) groups is 1. The molecule has 8 nitrogen and oxygen atoms in total. The molecule has 0 unspecified atom stereocenters. The molecule has 2 amide bonds. The molecule has 9 heteroatoms. The maximum atomic E-state index is 12.1. The number of benzene rings is 1. The molecule has 2 aromatic rings. The lowest BCUT2D eigenvalue weighted by atomic mass is 10.2. The summed E-state index contributed by atoms with van der Waals surface area (Å²) in [6.07, 6.45) is 1.23. The van der Waals surface area contributed by atoms with E-state index in [-0.39, 0.29) is 17.6 Å². The third-order valence-electron chi connectivity index (χ3n) is 4.53. The smallest absolute Gasteiger partial charge is 0.277 e. The van der Waals surface area contributed by atoms with Crippen LogP contribution in [0.5, 0.6) is 0 Å². The molecule has 2 heterocycles. The molecule has 3 rings (SSSR count). The fourth-order valence-electron chi connectivity index (χ4n) is 2.96. The van der Waals surface area contributed by atoms with Crippen LogP contribution < -0.4 is 10.2 Å². The molecule has 0 radical (unpaired) electrons. The molecule has 0 saturated carbocycles. The van der Waals surface area contributed by atoms with E-state index in [1.54, 1.807) is 0 Å². The van der Waals surface area contributed by atoms with Gasteiger partial charge in [0.25, 0.3) is 5.22 Å². The summed E-state index contributed by atoms with van der Waals surface area (Å²) in [5, 5.41) is 11.0. The van der Waals surface area contributed by atoms with Gasteiger partial charge in [0.05, 0.1) is 5.75 Å². The van der Waals surface area contributed by atoms with Crippen molar-refractivity contribution in [3.63, 3.8) is 0 Å². The second kappa shape index (κ2) is 9.59. The zero-order chi connectivity index (χ0) is 19.9. The molecule has 0 atom stereocenters. The number of rotatable bonds is 7. The molecule has 28 heavy (non-hydrogen) atoms. The Morgan fingerprint density at radius 1 is 1.11 bits per heavy atom. The van der Waals surface area contributed by atoms with Gasteiger partial charge >= 0.3 is 0 Å². The van der Waals surface area contributed by atoms with Crippen molar-refractivity contribution in [2.45, 2.75) is 31.9 Å². The minimum atomic E-state index is -0.124. The molecule has 1 aromatic heterocycles. The first kappa shape index (κ1) is 20.2. The van der Waals surface area contributed by atoms with Gasteiger partial charge in [0.1, 0.15) is 0 Å². The Kier molecular flexibility index (Phi) is 6.91. The number of carbonyl (C=O) groups excluding carboxylic acids is 2. The van der Waals surface area contributed by atoms with Crippen LogP contribution in [0.15, 0.2) is 33.9 Å². The summed E-state index contributed by atoms with van der Waals surface area (Å²) in [6.45, 7) is 6.96. The van der Waals surface area contributed by atoms with Gasteiger partial charge in [0.2, 0.25) is 17.7 Å². The van der Waals surface area contributed by atoms with Crippen molar-refractivity contribution >= 4 is 35.0 Å². The second-order valence-corrected chi connectivity index (χ2v) is 7.35. The number of hydrogen-bond donors (Lipinski definition) is 1. The number of aromatic nitrogens is 2. The predicted molar refractivity (Wildman–Crippen MR) is 109 cm³/mol. The summed E-state index contributed by atoms with van der Waals surface area (Å²) in [5.41, 5.74) is 1.84. The monoisotopic (exact) mass is 403 g/mol. The molecule has 1 aliphatic heterocycles. The lowest BCUT2D eigenvalue weighted by Gasteiger charge is -2.36. The van der Waals surface area contributed by atoms with Gasteiger partial charge in [-0.05, 0) is 24.3 Å². The molecular weight excluding hydrogens is 378 g/mol. The van der Waals surface area contributed by atoms with Crippen LogP contribution in [-0.2, 0) is 16.0 Å². The van der Waals surface area contributed by atoms with Crippen molar-refractivity contribution in [3.8, 4) is 0 Å². The van der Waals surface area contributed by atoms with E-state index in [1.165, 1.54) is 11.8 Å². The van der Waals surface area contributed by atoms with E-state index in [1.807, 2.05) is 43.0 Å². The Morgan fingerprint density at radius 2 is 1.82 bits per heavy atom. The number of nitrogens with one attached hydrogen (secondary N) is 1. The molecule has 1 fully saturated rings. The summed E-state index contributed by atoms with van der Waals surface area (Å²) in [6, 6.07) is 7.77. The second-order valence-electron chi connectivity index (χ2n) is 6.42. The number of anilines is 2. The van der Waals surface area contributed by atoms with E-state index in [9.17, 15) is 9.59 Å². The van der Waals surface area contributed by atoms with Crippen LogP contribution in [0.2, 0.25) is 0 Å². The molecule has 1 saturated heterocycles. The summed E-state index contributed by atoms with van der Waals surface area (Å²) in [7, 11) is 0. The first-order valence-corrected chi connectivity index (χ1v) is 10.5. The zero-order valence-electron chi connectivity index (χ0n) is 16.2. The first-order chi connectivity index (χ1) is 13.6. The number of carbonyl (C=O) groups is 2. The van der Waals surface area contributed by atoms with Gasteiger partial charge in [0.15, 0.2) is 0 Å². The molecule has 0 aliphatic carbocycles. The highest BCUT2D eigenvalue weighted by atomic mass is 32.2. The Balaban J connectivity index is 1.46. The van der Waals surface area contributed by atoms with E-state index >= 15 is 0 Å². The van der Waals surface area contributed by atoms with Gasteiger partial charge in [-0.3, -0.25) is 9.59 Å². The fourth-order valence-corrected chi connectivity index (χ4v) is 3.54. The molecule has 1 aromatic carbocycles. The van der Waals surface area contributed by atoms with Crippen molar-refractivity contribution in [2.75, 3.05) is 42.1 Å². The summed E-state index contributed by atoms with van der Waals surface area (Å²) in [4.78, 5) is 28.0. The van der Waals surface area contributed by atoms with Crippen LogP contribution in [0.25, 0.3) is 0 Å². The van der Waals surface area contributed by atoms with E-state index in [2.05, 4.69) is 20.4 Å². The molecule has 1 aliphatic rings. The van der Waals surface area contributed by atoms with Crippen LogP contribution in [0.4, 0.5) is 11.4 Å². The highest BCUT2D eigenvalue weighted by molar-refractivity contribution is 7.99. The van der Waals surface area contributed by atoms with Crippen LogP contribution in [-0.4, -0.2) is 58.8 Å². The van der Waals surface area contributed by atoms with Crippen molar-refractivity contribution in [1.82, 2.24) is 15.1 Å². The van der Waals surface area contributed by atoms with Gasteiger partial charge < -0.3 is 19.5 Å². The molecule has 0 spiro atoms. The number of nitrogens with zero attached hydrogens (tertiary/aromatic N) is 4. The number of aryl methyl sites for hydroxylation is 1. The first-order valence-electron chi connectivity index (χ1n) is 9.46. The molecule has 150 valence electrons. The highest BCUT2D eigenvalue weighted by Gasteiger charge is 2.20. The average Bonchev–Trinajstić information content (AvgIpc) is 3.20. The van der Waals surface area contributed by atoms with E-state index < -0.39 is 0 Å². The maximum Gasteiger partial charge on any atom is 0.277 e. The van der Waals surface area contributed by atoms with E-state index in [0.717, 1.165) is 37.6 Å². The third-order valence-corrected chi connectivity index (χ3v) is 5.35. The molecular formula is C19H25N5O3S. The quantitative estimate of drug-likeness (QED) is 0.710. The van der Waals surface area contributed by atoms with Crippen LogP contribution in [0.1, 0.15) is 26.2 Å². The lowest BCUT2D eigenvalue weighted by molar-refractivity contribution is -0.131. The van der Waals surface area contributed by atoms with Gasteiger partial charge in [0, 0.05) is 50.4 Å². The maximum absolute atomic E-state index is 12.1. The average molecular weight is 404 g/mol. The van der Waals surface area contributed by atoms with Gasteiger partial charge in [-0.1, -0.05) is 25.6 Å². The van der Waals surface area contributed by atoms with Crippen molar-refractivity contribution in [3.05, 3.63) is 30.2 Å². The van der Waals surface area contributed by atoms with Crippen molar-refractivity contribution < 1.29 is 14.0 Å². The number of amides is 2. The highest BCUT2D eigenvalue weighted by Crippen LogP contribution is 2.21. The van der Waals surface area contributed by atoms with Crippen LogP contribution in [0.3, 0.4) is 0 Å². The molecule has 0 bridgehead atoms. The normalized spacial score (nSPS) is 14.2. The van der Waals surface area contributed by atoms with Gasteiger partial charge in [-0.25, -0.2) is 0 Å². The third kappa shape index (κ3) is 5.25. The zero-order valence-corrected chi connectivity index (χ0v) is 17.0. The standard InChI is InChI=1S/C19H25N5O3S/c1-3-17-21-22-19(27-17)28-13-16(25)20-14-5-7-15(8-6-14)23-9-11-24(12-10-23)18(26)4-2/h5-8H,3-4,9-13H2,1-2H3,(H,20,25). The predicted octanol–water partition coefficient (Wildman–Crippen LogP) is 2.42. The fraction of sp³-hybridized carbons (Fsp3) is 0.474. The Morgan fingerprint density at radius 3 is 2.43 bits per heavy atom. The Bertz CT molecular complexity index is 800. The van der Waals surface area contributed by atoms with Crippen molar-refractivity contribution in [1.29, 1.82) is 0 Å². The molecule has 1 N–H and O–H groups in total. The minimum Gasteiger partial charge on any atom is -0.416 e. The van der Waals surface area contributed by atoms with Crippen LogP contribution >= 0.6 is 11.8 Å². The SMILES string of the molecule is CCC(=O)N1CCN(c2ccc(NC(=O)CSc3nnc(CC)o3)cc2)CC1. The summed E-state index contributed by atoms with van der Waals surface area (Å²) in [5.74, 6) is 0.863. The van der Waals surface area contributed by atoms with Crippen molar-refractivity contribution in [2.24, 2.45) is 0 Å². The summed E-state index contributed by atoms with van der Waals surface area (Å²) >= 11 is 1.22. The van der Waals surface area contributed by atoms with Gasteiger partial charge in [-0.2, -0.15) is 0 Å². The van der Waals surface area contributed by atoms with Crippen LogP contribution in [0, 0.1) is 0 Å². The summed E-state index contributed by atoms with van der Waals surface area (Å²) < 4.78 is 5.38.